The maximum Gasteiger partial charge on any atom is 0.158 e. The van der Waals surface area contributed by atoms with Crippen molar-refractivity contribution in [2.45, 2.75) is 9.79 Å². The summed E-state index contributed by atoms with van der Waals surface area (Å²) in [7, 11) is 0. The van der Waals surface area contributed by atoms with E-state index >= 15 is 0 Å². The van der Waals surface area contributed by atoms with Gasteiger partial charge in [0.15, 0.2) is 9.79 Å². The third-order valence-electron chi connectivity index (χ3n) is 2.54. The van der Waals surface area contributed by atoms with Crippen LogP contribution in [0.3, 0.4) is 0 Å². The number of thiol groups is 1. The molecule has 0 aliphatic rings. The van der Waals surface area contributed by atoms with Gasteiger partial charge in [-0.1, -0.05) is 36.4 Å². The summed E-state index contributed by atoms with van der Waals surface area (Å²) in [6, 6.07) is 31.5. The van der Waals surface area contributed by atoms with E-state index < -0.39 is 0 Å². The minimum Gasteiger partial charge on any atom is -0.0619 e. The van der Waals surface area contributed by atoms with Crippen LogP contribution in [-0.2, 0) is 11.8 Å². The molecule has 1 radical (unpaired) electrons. The molecule has 0 saturated heterocycles. The molecule has 0 aliphatic carbocycles. The van der Waals surface area contributed by atoms with Gasteiger partial charge in [-0.2, -0.15) is 0 Å². The Labute approximate surface area is 140 Å². The summed E-state index contributed by atoms with van der Waals surface area (Å²) in [6.45, 7) is 0. The Morgan fingerprint density at radius 3 is 1.15 bits per heavy atom. The minimum absolute atomic E-state index is 1.17. The van der Waals surface area contributed by atoms with E-state index in [1.807, 2.05) is 18.2 Å². The van der Waals surface area contributed by atoms with E-state index in [-0.39, 0.29) is 0 Å². The first-order chi connectivity index (χ1) is 9.84. The fourth-order valence-electron chi connectivity index (χ4n) is 1.59. The van der Waals surface area contributed by atoms with Gasteiger partial charge in [0.1, 0.15) is 0 Å². The van der Waals surface area contributed by atoms with Gasteiger partial charge in [0.2, 0.25) is 0 Å². The van der Waals surface area contributed by atoms with E-state index in [1.165, 1.54) is 49.5 Å². The van der Waals surface area contributed by atoms with Gasteiger partial charge in [0, 0.05) is 11.8 Å². The molecule has 0 saturated carbocycles. The molecular formula is C18H17BiS+. The molecule has 0 unspecified atom stereocenters. The van der Waals surface area contributed by atoms with Crippen LogP contribution in [0.1, 0.15) is 0 Å². The molecule has 0 N–H and O–H groups in total. The number of hydrogen-bond donors (Lipinski definition) is 0. The van der Waals surface area contributed by atoms with Crippen LogP contribution in [0.25, 0.3) is 0 Å². The number of rotatable bonds is 2. The predicted octanol–water partition coefficient (Wildman–Crippen LogP) is 3.13. The summed E-state index contributed by atoms with van der Waals surface area (Å²) in [5.41, 5.74) is 0. The smallest absolute Gasteiger partial charge is 0.0619 e. The van der Waals surface area contributed by atoms with Crippen molar-refractivity contribution in [2.24, 2.45) is 0 Å². The van der Waals surface area contributed by atoms with E-state index in [9.17, 15) is 0 Å². The Hall–Kier alpha value is -1.11. The Morgan fingerprint density at radius 2 is 0.850 bits per heavy atom. The van der Waals surface area contributed by atoms with Crippen molar-refractivity contribution in [3.63, 3.8) is 0 Å². The second kappa shape index (κ2) is 8.94. The van der Waals surface area contributed by atoms with E-state index in [2.05, 4.69) is 72.8 Å². The molecule has 0 bridgehead atoms. The summed E-state index contributed by atoms with van der Waals surface area (Å²) in [5, 5.41) is 0. The summed E-state index contributed by atoms with van der Waals surface area (Å²) >= 11 is 2.46. The largest absolute Gasteiger partial charge is 0.158 e. The minimum atomic E-state index is 1.17. The van der Waals surface area contributed by atoms with Crippen molar-refractivity contribution in [2.75, 3.05) is 0 Å². The summed E-state index contributed by atoms with van der Waals surface area (Å²) < 4.78 is 1.46. The fourth-order valence-corrected chi connectivity index (χ4v) is 3.28. The van der Waals surface area contributed by atoms with E-state index in [0.717, 1.165) is 0 Å². The second-order valence-corrected chi connectivity index (χ2v) is 7.65. The third kappa shape index (κ3) is 5.90. The molecule has 2 heteroatoms. The van der Waals surface area contributed by atoms with Crippen LogP contribution in [0.15, 0.2) is 101 Å². The predicted molar refractivity (Wildman–Crippen MR) is 91.4 cm³/mol. The zero-order valence-electron chi connectivity index (χ0n) is 11.1. The Bertz CT molecular complexity index is 557. The number of hydrogen-bond acceptors (Lipinski definition) is 0. The normalized spacial score (nSPS) is 9.45. The molecule has 0 heterocycles. The maximum absolute atomic E-state index is 2.15. The summed E-state index contributed by atoms with van der Waals surface area (Å²) in [5.74, 6) is 0. The molecule has 0 aromatic heterocycles. The summed E-state index contributed by atoms with van der Waals surface area (Å²) in [6.07, 6.45) is 0. The first-order valence-corrected chi connectivity index (χ1v) is 9.27. The standard InChI is InChI=1S/C12H10S.C6H5.Bi.H/c1-3-7-11(8-4-1)13-12-9-5-2-6-10-12;1-2-4-6-5-3-1;;/h1-10H;1-5H;;/p+1. The van der Waals surface area contributed by atoms with Gasteiger partial charge in [-0.15, -0.1) is 0 Å². The van der Waals surface area contributed by atoms with Crippen LogP contribution >= 0.6 is 0 Å². The van der Waals surface area contributed by atoms with Gasteiger partial charge < -0.3 is 0 Å². The van der Waals surface area contributed by atoms with Gasteiger partial charge in [-0.25, -0.2) is 0 Å². The molecule has 0 nitrogen and oxygen atoms in total. The van der Waals surface area contributed by atoms with Crippen LogP contribution in [-0.4, -0.2) is 24.7 Å². The first kappa shape index (κ1) is 15.3. The molecule has 3 rings (SSSR count). The molecular weight excluding hydrogens is 457 g/mol. The van der Waals surface area contributed by atoms with Crippen LogP contribution < -0.4 is 3.27 Å². The SMILES string of the molecule is [BiH][c]1ccccc1.c1ccc([SH+]c2ccccc2)cc1. The van der Waals surface area contributed by atoms with E-state index in [0.29, 0.717) is 0 Å². The molecule has 0 amide bonds. The maximum atomic E-state index is 2.15. The molecule has 20 heavy (non-hydrogen) atoms. The van der Waals surface area contributed by atoms with Gasteiger partial charge in [0.05, 0.1) is 0 Å². The van der Waals surface area contributed by atoms with Crippen LogP contribution in [0.4, 0.5) is 0 Å². The van der Waals surface area contributed by atoms with Gasteiger partial charge in [-0.3, -0.25) is 0 Å². The van der Waals surface area contributed by atoms with E-state index in [1.54, 1.807) is 0 Å². The van der Waals surface area contributed by atoms with Gasteiger partial charge in [-0.05, 0) is 24.3 Å². The Kier molecular flexibility index (Phi) is 6.84. The topological polar surface area (TPSA) is 0 Å². The average Bonchev–Trinajstić information content (AvgIpc) is 2.51. The summed E-state index contributed by atoms with van der Waals surface area (Å²) in [4.78, 5) is 2.68. The first-order valence-electron chi connectivity index (χ1n) is 6.43. The molecule has 3 aromatic carbocycles. The molecule has 0 spiro atoms. The zero-order valence-corrected chi connectivity index (χ0v) is 15.9. The van der Waals surface area contributed by atoms with Crippen LogP contribution in [0.2, 0.25) is 0 Å². The van der Waals surface area contributed by atoms with Crippen molar-refractivity contribution in [3.8, 4) is 0 Å². The van der Waals surface area contributed by atoms with Crippen molar-refractivity contribution < 1.29 is 0 Å². The molecule has 0 atom stereocenters. The van der Waals surface area contributed by atoms with Crippen LogP contribution in [0, 0.1) is 0 Å². The molecule has 99 valence electrons. The second-order valence-electron chi connectivity index (χ2n) is 4.15. The average molecular weight is 474 g/mol. The van der Waals surface area contributed by atoms with Crippen molar-refractivity contribution >= 4 is 39.8 Å². The van der Waals surface area contributed by atoms with Crippen molar-refractivity contribution in [1.29, 1.82) is 0 Å². The third-order valence-corrected chi connectivity index (χ3v) is 4.95. The quantitative estimate of drug-likeness (QED) is 0.304. The Morgan fingerprint density at radius 1 is 0.500 bits per heavy atom. The van der Waals surface area contributed by atoms with E-state index in [4.69, 9.17) is 0 Å². The fraction of sp³-hybridized carbons (Fsp3) is 0. The molecule has 0 fully saturated rings. The Balaban J connectivity index is 0.000000178. The van der Waals surface area contributed by atoms with Crippen LogP contribution in [0.5, 0.6) is 0 Å². The number of benzene rings is 3. The van der Waals surface area contributed by atoms with Gasteiger partial charge >= 0.3 is 58.3 Å². The monoisotopic (exact) mass is 474 g/mol. The zero-order chi connectivity index (χ0) is 14.0. The van der Waals surface area contributed by atoms with Crippen molar-refractivity contribution in [3.05, 3.63) is 91.0 Å². The van der Waals surface area contributed by atoms with Crippen molar-refractivity contribution in [1.82, 2.24) is 0 Å². The molecule has 3 aromatic rings. The van der Waals surface area contributed by atoms with Gasteiger partial charge in [0.25, 0.3) is 0 Å². The molecule has 0 aliphatic heterocycles.